The van der Waals surface area contributed by atoms with Gasteiger partial charge in [-0.15, -0.1) is 0 Å². The van der Waals surface area contributed by atoms with Crippen LogP contribution in [0.25, 0.3) is 0 Å². The first-order chi connectivity index (χ1) is 14.5. The largest absolute Gasteiger partial charge is 0.495 e. The molecule has 8 heteroatoms. The van der Waals surface area contributed by atoms with Crippen molar-refractivity contribution < 1.29 is 18.7 Å². The summed E-state index contributed by atoms with van der Waals surface area (Å²) in [6, 6.07) is 10.1. The number of benzene rings is 2. The van der Waals surface area contributed by atoms with Gasteiger partial charge in [-0.2, -0.15) is 0 Å². The van der Waals surface area contributed by atoms with E-state index in [-0.39, 0.29) is 18.3 Å². The van der Waals surface area contributed by atoms with Crippen molar-refractivity contribution in [3.8, 4) is 11.5 Å². The van der Waals surface area contributed by atoms with E-state index >= 15 is 0 Å². The molecule has 0 aliphatic carbocycles. The Bertz CT molecular complexity index is 881. The molecule has 1 aliphatic heterocycles. The standard InChI is InChI=1S/C22H27ClFN3O3/c1-29-20-13-19(21(30-2)12-17(20)23)25-22(28)15-27-9-5-8-26(10-11-27)14-16-6-3-4-7-18(16)24/h3-4,6-7,12-13H,5,8-11,14-15H2,1-2H3,(H,25,28). The van der Waals surface area contributed by atoms with E-state index < -0.39 is 0 Å². The van der Waals surface area contributed by atoms with Crippen LogP contribution in [0.5, 0.6) is 11.5 Å². The maximum absolute atomic E-state index is 13.9. The van der Waals surface area contributed by atoms with Crippen LogP contribution in [0.2, 0.25) is 5.02 Å². The van der Waals surface area contributed by atoms with Crippen LogP contribution in [0, 0.1) is 5.82 Å². The fraction of sp³-hybridized carbons (Fsp3) is 0.409. The highest BCUT2D eigenvalue weighted by atomic mass is 35.5. The van der Waals surface area contributed by atoms with Crippen LogP contribution in [0.3, 0.4) is 0 Å². The summed E-state index contributed by atoms with van der Waals surface area (Å²) in [7, 11) is 3.04. The SMILES string of the molecule is COc1cc(NC(=O)CN2CCCN(Cc3ccccc3F)CC2)c(OC)cc1Cl. The summed E-state index contributed by atoms with van der Waals surface area (Å²) < 4.78 is 24.5. The third kappa shape index (κ3) is 5.84. The minimum Gasteiger partial charge on any atom is -0.495 e. The zero-order valence-corrected chi connectivity index (χ0v) is 18.0. The molecule has 0 unspecified atom stereocenters. The average Bonchev–Trinajstić information content (AvgIpc) is 2.95. The Balaban J connectivity index is 1.56. The Morgan fingerprint density at radius 1 is 1.07 bits per heavy atom. The maximum Gasteiger partial charge on any atom is 0.238 e. The van der Waals surface area contributed by atoms with E-state index in [9.17, 15) is 9.18 Å². The van der Waals surface area contributed by atoms with Gasteiger partial charge in [0.15, 0.2) is 0 Å². The molecule has 1 aliphatic rings. The van der Waals surface area contributed by atoms with E-state index in [1.54, 1.807) is 18.2 Å². The molecule has 0 atom stereocenters. The predicted molar refractivity (Wildman–Crippen MR) is 116 cm³/mol. The number of anilines is 1. The van der Waals surface area contributed by atoms with Crippen molar-refractivity contribution in [3.63, 3.8) is 0 Å². The molecule has 1 fully saturated rings. The summed E-state index contributed by atoms with van der Waals surface area (Å²) in [5.41, 5.74) is 1.22. The van der Waals surface area contributed by atoms with Crippen LogP contribution < -0.4 is 14.8 Å². The number of nitrogens with one attached hydrogen (secondary N) is 1. The molecule has 0 spiro atoms. The van der Waals surface area contributed by atoms with Gasteiger partial charge in [0, 0.05) is 37.3 Å². The van der Waals surface area contributed by atoms with Gasteiger partial charge in [0.2, 0.25) is 5.91 Å². The normalized spacial score (nSPS) is 15.5. The van der Waals surface area contributed by atoms with E-state index in [0.29, 0.717) is 34.3 Å². The van der Waals surface area contributed by atoms with E-state index in [4.69, 9.17) is 21.1 Å². The number of rotatable bonds is 7. The summed E-state index contributed by atoms with van der Waals surface area (Å²) in [5, 5.41) is 3.29. The molecular formula is C22H27ClFN3O3. The van der Waals surface area contributed by atoms with E-state index in [2.05, 4.69) is 15.1 Å². The number of ether oxygens (including phenoxy) is 2. The van der Waals surface area contributed by atoms with Crippen molar-refractivity contribution in [2.75, 3.05) is 52.3 Å². The number of nitrogens with zero attached hydrogens (tertiary/aromatic N) is 2. The highest BCUT2D eigenvalue weighted by Crippen LogP contribution is 2.35. The lowest BCUT2D eigenvalue weighted by atomic mass is 10.2. The molecule has 162 valence electrons. The molecule has 0 radical (unpaired) electrons. The summed E-state index contributed by atoms with van der Waals surface area (Å²) in [6.45, 7) is 4.04. The maximum atomic E-state index is 13.9. The van der Waals surface area contributed by atoms with E-state index in [1.807, 2.05) is 12.1 Å². The monoisotopic (exact) mass is 435 g/mol. The topological polar surface area (TPSA) is 54.0 Å². The van der Waals surface area contributed by atoms with Gasteiger partial charge in [-0.25, -0.2) is 4.39 Å². The second-order valence-corrected chi connectivity index (χ2v) is 7.64. The number of carbonyl (C=O) groups is 1. The van der Waals surface area contributed by atoms with E-state index in [1.165, 1.54) is 20.3 Å². The van der Waals surface area contributed by atoms with Gasteiger partial charge in [0.05, 0.1) is 31.5 Å². The van der Waals surface area contributed by atoms with Crippen LogP contribution in [0.15, 0.2) is 36.4 Å². The number of halogens is 2. The van der Waals surface area contributed by atoms with Gasteiger partial charge >= 0.3 is 0 Å². The molecule has 30 heavy (non-hydrogen) atoms. The first-order valence-electron chi connectivity index (χ1n) is 9.89. The number of methoxy groups -OCH3 is 2. The molecule has 1 amide bonds. The number of hydrogen-bond acceptors (Lipinski definition) is 5. The lowest BCUT2D eigenvalue weighted by Crippen LogP contribution is -2.36. The Morgan fingerprint density at radius 3 is 2.50 bits per heavy atom. The Labute approximate surface area is 181 Å². The van der Waals surface area contributed by atoms with Gasteiger partial charge in [0.1, 0.15) is 17.3 Å². The molecule has 0 aromatic heterocycles. The molecule has 2 aromatic rings. The summed E-state index contributed by atoms with van der Waals surface area (Å²) in [6.07, 6.45) is 0.916. The molecule has 1 heterocycles. The molecular weight excluding hydrogens is 409 g/mol. The minimum atomic E-state index is -0.176. The van der Waals surface area contributed by atoms with Crippen LogP contribution in [-0.4, -0.2) is 62.7 Å². The molecule has 2 aromatic carbocycles. The highest BCUT2D eigenvalue weighted by molar-refractivity contribution is 6.32. The number of carbonyl (C=O) groups excluding carboxylic acids is 1. The van der Waals surface area contributed by atoms with Crippen LogP contribution in [0.1, 0.15) is 12.0 Å². The molecule has 1 saturated heterocycles. The predicted octanol–water partition coefficient (Wildman–Crippen LogP) is 3.64. The first-order valence-corrected chi connectivity index (χ1v) is 10.3. The second-order valence-electron chi connectivity index (χ2n) is 7.23. The fourth-order valence-corrected chi connectivity index (χ4v) is 3.79. The first kappa shape index (κ1) is 22.3. The summed E-state index contributed by atoms with van der Waals surface area (Å²) >= 11 is 6.12. The molecule has 0 bridgehead atoms. The van der Waals surface area contributed by atoms with Crippen molar-refractivity contribution in [2.24, 2.45) is 0 Å². The minimum absolute atomic E-state index is 0.139. The molecule has 6 nitrogen and oxygen atoms in total. The van der Waals surface area contributed by atoms with Gasteiger partial charge in [-0.1, -0.05) is 29.8 Å². The Morgan fingerprint density at radius 2 is 1.77 bits per heavy atom. The van der Waals surface area contributed by atoms with Crippen LogP contribution in [-0.2, 0) is 11.3 Å². The summed E-state index contributed by atoms with van der Waals surface area (Å²) in [4.78, 5) is 17.0. The second kappa shape index (κ2) is 10.6. The van der Waals surface area contributed by atoms with Gasteiger partial charge in [-0.3, -0.25) is 14.6 Å². The fourth-order valence-electron chi connectivity index (χ4n) is 3.56. The lowest BCUT2D eigenvalue weighted by molar-refractivity contribution is -0.117. The third-order valence-corrected chi connectivity index (χ3v) is 5.44. The van der Waals surface area contributed by atoms with Crippen molar-refractivity contribution in [2.45, 2.75) is 13.0 Å². The quantitative estimate of drug-likeness (QED) is 0.719. The number of amides is 1. The van der Waals surface area contributed by atoms with Crippen molar-refractivity contribution in [1.29, 1.82) is 0 Å². The third-order valence-electron chi connectivity index (χ3n) is 5.15. The molecule has 0 saturated carbocycles. The molecule has 1 N–H and O–H groups in total. The van der Waals surface area contributed by atoms with E-state index in [0.717, 1.165) is 32.6 Å². The highest BCUT2D eigenvalue weighted by Gasteiger charge is 2.19. The zero-order valence-electron chi connectivity index (χ0n) is 17.3. The lowest BCUT2D eigenvalue weighted by Gasteiger charge is -2.22. The molecule has 3 rings (SSSR count). The van der Waals surface area contributed by atoms with Crippen molar-refractivity contribution in [3.05, 3.63) is 52.8 Å². The number of hydrogen-bond donors (Lipinski definition) is 1. The zero-order chi connectivity index (χ0) is 21.5. The Kier molecular flexibility index (Phi) is 7.90. The van der Waals surface area contributed by atoms with Gasteiger partial charge < -0.3 is 14.8 Å². The van der Waals surface area contributed by atoms with Crippen LogP contribution in [0.4, 0.5) is 10.1 Å². The summed E-state index contributed by atoms with van der Waals surface area (Å²) in [5.74, 6) is 0.623. The van der Waals surface area contributed by atoms with Gasteiger partial charge in [0.25, 0.3) is 0 Å². The van der Waals surface area contributed by atoms with Gasteiger partial charge in [-0.05, 0) is 25.6 Å². The van der Waals surface area contributed by atoms with Crippen molar-refractivity contribution >= 4 is 23.2 Å². The Hall–Kier alpha value is -2.35. The smallest absolute Gasteiger partial charge is 0.238 e. The van der Waals surface area contributed by atoms with Crippen molar-refractivity contribution in [1.82, 2.24) is 9.80 Å². The average molecular weight is 436 g/mol. The van der Waals surface area contributed by atoms with Crippen LogP contribution >= 0.6 is 11.6 Å².